The third-order valence-corrected chi connectivity index (χ3v) is 16.9. The molecule has 31 heteroatoms. The molecule has 1 aliphatic carbocycles. The first-order chi connectivity index (χ1) is 44.5. The summed E-state index contributed by atoms with van der Waals surface area (Å²) in [5.41, 5.74) is 1.48. The lowest BCUT2D eigenvalue weighted by Gasteiger charge is -2.31. The number of halogens is 1. The van der Waals surface area contributed by atoms with Crippen LogP contribution >= 0.6 is 0 Å². The van der Waals surface area contributed by atoms with Crippen molar-refractivity contribution in [2.75, 3.05) is 46.1 Å². The Hall–Kier alpha value is -9.40. The van der Waals surface area contributed by atoms with E-state index in [2.05, 4.69) is 42.5 Å². The first kappa shape index (κ1) is 68.0. The van der Waals surface area contributed by atoms with Gasteiger partial charge in [0, 0.05) is 60.5 Å². The summed E-state index contributed by atoms with van der Waals surface area (Å²) in [6, 6.07) is 7.99. The maximum absolute atomic E-state index is 15.4. The van der Waals surface area contributed by atoms with Gasteiger partial charge >= 0.3 is 5.97 Å². The second-order valence-electron chi connectivity index (χ2n) is 23.0. The summed E-state index contributed by atoms with van der Waals surface area (Å²) in [7, 11) is 0. The van der Waals surface area contributed by atoms with Crippen molar-refractivity contribution in [1.82, 2.24) is 57.0 Å². The number of fused-ring (bicyclic) bond motifs is 5. The Labute approximate surface area is 529 Å². The summed E-state index contributed by atoms with van der Waals surface area (Å²) in [5, 5.41) is 61.7. The predicted octanol–water partition coefficient (Wildman–Crippen LogP) is -2.90. The predicted molar refractivity (Wildman–Crippen MR) is 320 cm³/mol. The molecule has 1 fully saturated rings. The maximum Gasteiger partial charge on any atom is 0.343 e. The van der Waals surface area contributed by atoms with Crippen molar-refractivity contribution < 1.29 is 91.8 Å². The van der Waals surface area contributed by atoms with E-state index in [1.165, 1.54) is 10.6 Å². The molecule has 9 rings (SSSR count). The van der Waals surface area contributed by atoms with Crippen molar-refractivity contribution in [2.24, 2.45) is 0 Å². The Balaban J connectivity index is 0.741. The molecule has 0 radical (unpaired) electrons. The SMILES string of the molecule is CC[C@@]1(O)C(=O)OCc2c1cc1n(c2=O)Cc2c-1nc1cc(F)c(C)c3c1c2[C@@H](NC(=O)COCNC(=O)CNC(=O)[C@H](Cc1ccccc1)NC(=O)CNC(=O)CNC(=O)[C@H](CCC(=O)NC1O[C@H](CO)[C@@H](O)[C@H]1O)NC(=O)CCCCCN1C(=O)C=CC1=O)CC3. The van der Waals surface area contributed by atoms with Crippen molar-refractivity contribution in [3.05, 3.63) is 110 Å². The van der Waals surface area contributed by atoms with E-state index in [0.717, 1.165) is 17.1 Å². The molecule has 5 aliphatic rings. The van der Waals surface area contributed by atoms with E-state index in [1.54, 1.807) is 50.2 Å². The Morgan fingerprint density at radius 3 is 2.17 bits per heavy atom. The third-order valence-electron chi connectivity index (χ3n) is 16.9. The van der Waals surface area contributed by atoms with Crippen LogP contribution in [0.1, 0.15) is 103 Å². The molecule has 10 amide bonds. The van der Waals surface area contributed by atoms with Crippen LogP contribution in [0.15, 0.2) is 59.4 Å². The summed E-state index contributed by atoms with van der Waals surface area (Å²) in [5.74, 6) is -8.40. The van der Waals surface area contributed by atoms with Crippen LogP contribution in [0.2, 0.25) is 0 Å². The molecule has 4 aliphatic heterocycles. The molecule has 1 saturated heterocycles. The molecule has 30 nitrogen and oxygen atoms in total. The molecular weight excluding hydrogens is 1220 g/mol. The third kappa shape index (κ3) is 15.6. The number of amides is 10. The molecule has 4 aromatic rings. The molecule has 2 aromatic heterocycles. The van der Waals surface area contributed by atoms with Gasteiger partial charge in [0.2, 0.25) is 47.3 Å². The Bertz CT molecular complexity index is 3720. The Morgan fingerprint density at radius 1 is 0.785 bits per heavy atom. The average molecular weight is 1290 g/mol. The molecule has 496 valence electrons. The fourth-order valence-corrected chi connectivity index (χ4v) is 11.8. The number of benzene rings is 2. The lowest BCUT2D eigenvalue weighted by Crippen LogP contribution is -2.53. The fraction of sp³-hybridized carbons (Fsp3) is 0.468. The van der Waals surface area contributed by atoms with E-state index in [-0.39, 0.29) is 62.0 Å². The van der Waals surface area contributed by atoms with E-state index in [1.807, 2.05) is 0 Å². The van der Waals surface area contributed by atoms with Gasteiger partial charge in [-0.1, -0.05) is 43.7 Å². The molecule has 8 atom stereocenters. The topological polar surface area (TPSA) is 431 Å². The van der Waals surface area contributed by atoms with E-state index < -0.39 is 171 Å². The van der Waals surface area contributed by atoms with Crippen LogP contribution in [-0.4, -0.2) is 183 Å². The van der Waals surface area contributed by atoms with Crippen LogP contribution in [0.3, 0.4) is 0 Å². The number of aliphatic hydroxyl groups is 4. The van der Waals surface area contributed by atoms with Gasteiger partial charge in [0.15, 0.2) is 11.8 Å². The van der Waals surface area contributed by atoms with Gasteiger partial charge in [0.05, 0.1) is 61.3 Å². The summed E-state index contributed by atoms with van der Waals surface area (Å²) >= 11 is 0. The minimum atomic E-state index is -2.08. The number of nitrogens with one attached hydrogen (secondary N) is 8. The Morgan fingerprint density at radius 2 is 1.47 bits per heavy atom. The number of carbonyl (C=O) groups excluding carboxylic acids is 11. The van der Waals surface area contributed by atoms with Crippen molar-refractivity contribution in [1.29, 1.82) is 0 Å². The van der Waals surface area contributed by atoms with Crippen molar-refractivity contribution in [2.45, 2.75) is 139 Å². The van der Waals surface area contributed by atoms with Gasteiger partial charge in [-0.25, -0.2) is 14.2 Å². The van der Waals surface area contributed by atoms with Crippen LogP contribution in [-0.2, 0) is 98.5 Å². The molecule has 0 spiro atoms. The monoisotopic (exact) mass is 1290 g/mol. The number of nitrogens with zero attached hydrogens (tertiary/aromatic N) is 3. The largest absolute Gasteiger partial charge is 0.458 e. The number of aliphatic hydroxyl groups excluding tert-OH is 3. The van der Waals surface area contributed by atoms with Gasteiger partial charge < -0.3 is 81.7 Å². The van der Waals surface area contributed by atoms with E-state index >= 15 is 4.39 Å². The zero-order valence-corrected chi connectivity index (χ0v) is 50.8. The van der Waals surface area contributed by atoms with Crippen LogP contribution in [0.5, 0.6) is 0 Å². The van der Waals surface area contributed by atoms with E-state index in [9.17, 15) is 78.0 Å². The summed E-state index contributed by atoms with van der Waals surface area (Å²) < 4.78 is 32.9. The highest BCUT2D eigenvalue weighted by atomic mass is 19.1. The number of hydrogen-bond acceptors (Lipinski definition) is 20. The number of unbranched alkanes of at least 4 members (excludes halogenated alkanes) is 2. The lowest BCUT2D eigenvalue weighted by atomic mass is 9.81. The number of imide groups is 1. The zero-order chi connectivity index (χ0) is 66.8. The van der Waals surface area contributed by atoms with Crippen LogP contribution in [0, 0.1) is 12.7 Å². The molecule has 2 aromatic carbocycles. The molecule has 0 saturated carbocycles. The van der Waals surface area contributed by atoms with Crippen LogP contribution in [0.25, 0.3) is 22.3 Å². The molecule has 1 unspecified atom stereocenters. The zero-order valence-electron chi connectivity index (χ0n) is 50.8. The number of rotatable bonds is 29. The van der Waals surface area contributed by atoms with Crippen molar-refractivity contribution in [3.63, 3.8) is 0 Å². The van der Waals surface area contributed by atoms with Crippen LogP contribution in [0.4, 0.5) is 4.39 Å². The van der Waals surface area contributed by atoms with Gasteiger partial charge in [-0.15, -0.1) is 0 Å². The summed E-state index contributed by atoms with van der Waals surface area (Å²) in [6.45, 7) is -0.632. The minimum absolute atomic E-state index is 0.0204. The Kier molecular flexibility index (Phi) is 21.9. The summed E-state index contributed by atoms with van der Waals surface area (Å²) in [4.78, 5) is 162. The average Bonchev–Trinajstić information content (AvgIpc) is 1.63. The fourth-order valence-electron chi connectivity index (χ4n) is 11.8. The van der Waals surface area contributed by atoms with Gasteiger partial charge in [0.25, 0.3) is 17.4 Å². The smallest absolute Gasteiger partial charge is 0.343 e. The number of pyridine rings is 2. The molecule has 6 heterocycles. The van der Waals surface area contributed by atoms with Crippen molar-refractivity contribution in [3.8, 4) is 11.4 Å². The second kappa shape index (κ2) is 29.9. The second-order valence-corrected chi connectivity index (χ2v) is 23.0. The highest BCUT2D eigenvalue weighted by Crippen LogP contribution is 2.46. The first-order valence-electron chi connectivity index (χ1n) is 30.4. The minimum Gasteiger partial charge on any atom is -0.458 e. The highest BCUT2D eigenvalue weighted by molar-refractivity contribution is 6.12. The molecule has 93 heavy (non-hydrogen) atoms. The number of carbonyl (C=O) groups is 11. The van der Waals surface area contributed by atoms with Gasteiger partial charge in [-0.05, 0) is 73.8 Å². The normalized spacial score (nSPS) is 20.6. The summed E-state index contributed by atoms with van der Waals surface area (Å²) in [6.07, 6.45) is -2.54. The van der Waals surface area contributed by atoms with E-state index in [0.29, 0.717) is 76.7 Å². The molecule has 0 bridgehead atoms. The van der Waals surface area contributed by atoms with Gasteiger partial charge in [0.1, 0.15) is 56.2 Å². The van der Waals surface area contributed by atoms with Crippen LogP contribution < -0.4 is 48.1 Å². The molecular formula is C62H72FN11O19. The number of cyclic esters (lactones) is 1. The highest BCUT2D eigenvalue weighted by Gasteiger charge is 2.47. The van der Waals surface area contributed by atoms with Gasteiger partial charge in [-0.3, -0.25) is 57.6 Å². The maximum atomic E-state index is 15.4. The van der Waals surface area contributed by atoms with E-state index in [4.69, 9.17) is 19.2 Å². The number of ether oxygens (including phenoxy) is 3. The first-order valence-corrected chi connectivity index (χ1v) is 30.4. The number of aryl methyl sites for hydroxylation is 1. The number of hydrogen-bond donors (Lipinski definition) is 12. The molecule has 12 N–H and O–H groups in total. The lowest BCUT2D eigenvalue weighted by molar-refractivity contribution is -0.172. The van der Waals surface area contributed by atoms with Gasteiger partial charge in [-0.2, -0.15) is 0 Å². The number of aromatic nitrogens is 2. The quantitative estimate of drug-likeness (QED) is 0.00989. The standard InChI is InChI=1S/C62H72FN11O19/c1-3-62(90)36-21-42-54-34(26-74(42)60(88)35(36)28-92-61(62)89)53-38(14-13-33-31(2)37(63)22-40(71-54)52(33)53)68-49(81)29-91-30-67-47(79)24-66-58(87)41(20-32-10-6-4-7-11-32)70-48(80)25-64-46(78)23-65-57(86)39(15-16-45(77)72-59-56(85)55(84)43(27-75)93-59)69-44(76)12-8-5-9-19-73-50(82)17-18-51(73)83/h4,6-7,10-11,17-18,21-22,38-39,41,43,55-56,59,75,84-85,90H,3,5,8-9,12-16,19-20,23-30H2,1-2H3,(H,64,78)(H,65,86)(H,66,87)(H,67,79)(H,68,81)(H,69,76)(H,70,80)(H,72,77)/t38-,39-,41-,43+,55+,56+,59?,62-/m0/s1. The number of esters is 1. The van der Waals surface area contributed by atoms with Crippen molar-refractivity contribution >= 4 is 75.9 Å².